The number of halogens is 2. The predicted molar refractivity (Wildman–Crippen MR) is 190 cm³/mol. The smallest absolute Gasteiger partial charge is 0.248 e. The molecule has 6 nitrogen and oxygen atoms in total. The number of imide groups is 1. The molecule has 2 bridgehead atoms. The number of ether oxygens (including phenoxy) is 1. The van der Waals surface area contributed by atoms with E-state index in [2.05, 4.69) is 5.32 Å². The summed E-state index contributed by atoms with van der Waals surface area (Å²) in [6.45, 7) is 4.07. The minimum absolute atomic E-state index is 0.113. The molecule has 9 rings (SSSR count). The number of alkyl halides is 2. The standard InChI is InChI=1S/C41H32Cl2N2O4/c1-24-16-19-29(22-25(24)2)49-28-20-17-27(18-21-28)44-37(46)34(23-26-10-4-3-5-11-26)45-38(47)35-36(39(45)48)41(43)31-13-7-6-12-30(31)40(35,42)32-14-8-9-15-33(32)41/h3-22,34-36H,23H2,1-2H3,(H,44,46)/t34-,35-,36+,40?,41?/m0/s1. The Labute approximate surface area is 294 Å². The quantitative estimate of drug-likeness (QED) is 0.138. The molecular formula is C41H32Cl2N2O4. The van der Waals surface area contributed by atoms with Gasteiger partial charge in [-0.25, -0.2) is 0 Å². The first kappa shape index (κ1) is 31.4. The van der Waals surface area contributed by atoms with Crippen molar-refractivity contribution in [2.45, 2.75) is 36.1 Å². The van der Waals surface area contributed by atoms with Crippen LogP contribution in [0.4, 0.5) is 5.69 Å². The van der Waals surface area contributed by atoms with Crippen molar-refractivity contribution in [2.24, 2.45) is 11.8 Å². The molecule has 1 saturated heterocycles. The van der Waals surface area contributed by atoms with Crippen molar-refractivity contribution in [2.75, 3.05) is 5.32 Å². The van der Waals surface area contributed by atoms with E-state index in [1.165, 1.54) is 5.56 Å². The average molecular weight is 688 g/mol. The van der Waals surface area contributed by atoms with E-state index in [-0.39, 0.29) is 6.42 Å². The Morgan fingerprint density at radius 3 is 1.69 bits per heavy atom. The van der Waals surface area contributed by atoms with Gasteiger partial charge in [-0.15, -0.1) is 23.2 Å². The Bertz CT molecular complexity index is 2030. The van der Waals surface area contributed by atoms with Crippen LogP contribution in [0.25, 0.3) is 0 Å². The molecule has 0 spiro atoms. The number of nitrogens with one attached hydrogen (secondary N) is 1. The summed E-state index contributed by atoms with van der Waals surface area (Å²) in [5, 5.41) is 2.95. The van der Waals surface area contributed by atoms with Crippen molar-refractivity contribution in [3.05, 3.63) is 160 Å². The molecule has 1 N–H and O–H groups in total. The summed E-state index contributed by atoms with van der Waals surface area (Å²) in [6.07, 6.45) is 0.113. The summed E-state index contributed by atoms with van der Waals surface area (Å²) in [5.74, 6) is -2.21. The number of rotatable bonds is 7. The second-order valence-corrected chi connectivity index (χ2v) is 14.3. The van der Waals surface area contributed by atoms with Crippen molar-refractivity contribution in [1.82, 2.24) is 4.90 Å². The topological polar surface area (TPSA) is 75.7 Å². The Kier molecular flexibility index (Phi) is 7.43. The summed E-state index contributed by atoms with van der Waals surface area (Å²) in [5.41, 5.74) is 6.43. The van der Waals surface area contributed by atoms with E-state index in [9.17, 15) is 14.4 Å². The maximum absolute atomic E-state index is 14.7. The van der Waals surface area contributed by atoms with E-state index in [0.717, 1.165) is 16.0 Å². The Hall–Kier alpha value is -4.91. The normalized spacial score (nSPS) is 23.8. The number of amides is 3. The van der Waals surface area contributed by atoms with E-state index < -0.39 is 45.3 Å². The molecule has 1 aliphatic heterocycles. The maximum Gasteiger partial charge on any atom is 0.248 e. The first-order valence-corrected chi connectivity index (χ1v) is 17.0. The summed E-state index contributed by atoms with van der Waals surface area (Å²) in [4.78, 5) is 42.2. The fourth-order valence-corrected chi connectivity index (χ4v) is 8.98. The van der Waals surface area contributed by atoms with Gasteiger partial charge in [0.1, 0.15) is 27.3 Å². The van der Waals surface area contributed by atoms with Gasteiger partial charge in [-0.05, 0) is 89.2 Å². The minimum Gasteiger partial charge on any atom is -0.457 e. The van der Waals surface area contributed by atoms with Crippen LogP contribution in [0.3, 0.4) is 0 Å². The Morgan fingerprint density at radius 1 is 0.694 bits per heavy atom. The monoisotopic (exact) mass is 686 g/mol. The van der Waals surface area contributed by atoms with Gasteiger partial charge in [-0.1, -0.05) is 84.9 Å². The lowest BCUT2D eigenvalue weighted by Crippen LogP contribution is -2.57. The molecule has 0 radical (unpaired) electrons. The lowest BCUT2D eigenvalue weighted by Gasteiger charge is -2.54. The van der Waals surface area contributed by atoms with Gasteiger partial charge in [0.25, 0.3) is 0 Å². The Balaban J connectivity index is 1.14. The van der Waals surface area contributed by atoms with E-state index in [4.69, 9.17) is 27.9 Å². The molecule has 3 aliphatic carbocycles. The molecule has 3 atom stereocenters. The van der Waals surface area contributed by atoms with Crippen LogP contribution in [0.15, 0.2) is 121 Å². The van der Waals surface area contributed by atoms with Gasteiger partial charge < -0.3 is 10.1 Å². The van der Waals surface area contributed by atoms with Gasteiger partial charge in [0.15, 0.2) is 0 Å². The molecule has 0 aromatic heterocycles. The number of hydrogen-bond acceptors (Lipinski definition) is 4. The van der Waals surface area contributed by atoms with Crippen LogP contribution in [0.1, 0.15) is 38.9 Å². The van der Waals surface area contributed by atoms with Gasteiger partial charge in [0.2, 0.25) is 17.7 Å². The van der Waals surface area contributed by atoms with Gasteiger partial charge in [0, 0.05) is 12.1 Å². The number of carbonyl (C=O) groups is 3. The fraction of sp³-hybridized carbons (Fsp3) is 0.195. The van der Waals surface area contributed by atoms with E-state index >= 15 is 0 Å². The Morgan fingerprint density at radius 2 is 1.18 bits per heavy atom. The molecule has 0 saturated carbocycles. The van der Waals surface area contributed by atoms with Gasteiger partial charge in [0.05, 0.1) is 11.8 Å². The summed E-state index contributed by atoms with van der Waals surface area (Å²) in [7, 11) is 0. The average Bonchev–Trinajstić information content (AvgIpc) is 3.39. The van der Waals surface area contributed by atoms with Crippen LogP contribution in [0.5, 0.6) is 11.5 Å². The summed E-state index contributed by atoms with van der Waals surface area (Å²) >= 11 is 15.3. The van der Waals surface area contributed by atoms with E-state index in [1.54, 1.807) is 24.3 Å². The lowest BCUT2D eigenvalue weighted by molar-refractivity contribution is -0.146. The zero-order valence-corrected chi connectivity index (χ0v) is 28.3. The molecule has 1 heterocycles. The molecule has 4 aliphatic rings. The third-order valence-corrected chi connectivity index (χ3v) is 11.6. The zero-order valence-electron chi connectivity index (χ0n) is 26.8. The molecule has 8 heteroatoms. The number of likely N-dealkylation sites (tertiary alicyclic amines) is 1. The van der Waals surface area contributed by atoms with Crippen LogP contribution in [-0.2, 0) is 30.6 Å². The summed E-state index contributed by atoms with van der Waals surface area (Å²) in [6, 6.07) is 36.1. The number of nitrogens with zero attached hydrogens (tertiary/aromatic N) is 1. The molecular weight excluding hydrogens is 655 g/mol. The lowest BCUT2D eigenvalue weighted by atomic mass is 9.54. The number of benzene rings is 5. The highest BCUT2D eigenvalue weighted by atomic mass is 35.5. The first-order valence-electron chi connectivity index (χ1n) is 16.3. The van der Waals surface area contributed by atoms with E-state index in [1.807, 2.05) is 111 Å². The molecule has 3 amide bonds. The highest BCUT2D eigenvalue weighted by Crippen LogP contribution is 2.69. The third-order valence-electron chi connectivity index (χ3n) is 10.3. The second kappa shape index (κ2) is 11.6. The molecule has 5 aromatic rings. The SMILES string of the molecule is Cc1ccc(Oc2ccc(NC(=O)[C@H](Cc3ccccc3)N3C(=O)[C@@H]4[C@H](C3=O)C3(Cl)c5ccccc5C4(Cl)c4ccccc43)cc2)cc1C. The van der Waals surface area contributed by atoms with Crippen LogP contribution in [0, 0.1) is 25.7 Å². The zero-order chi connectivity index (χ0) is 34.1. The second-order valence-electron chi connectivity index (χ2n) is 13.1. The van der Waals surface area contributed by atoms with Crippen LogP contribution >= 0.6 is 23.2 Å². The largest absolute Gasteiger partial charge is 0.457 e. The molecule has 0 unspecified atom stereocenters. The van der Waals surface area contributed by atoms with Crippen molar-refractivity contribution in [3.8, 4) is 11.5 Å². The maximum atomic E-state index is 14.7. The molecule has 5 aromatic carbocycles. The first-order chi connectivity index (χ1) is 23.6. The van der Waals surface area contributed by atoms with Crippen molar-refractivity contribution < 1.29 is 19.1 Å². The third kappa shape index (κ3) is 4.72. The highest BCUT2D eigenvalue weighted by Gasteiger charge is 2.73. The van der Waals surface area contributed by atoms with Crippen LogP contribution < -0.4 is 10.1 Å². The number of anilines is 1. The van der Waals surface area contributed by atoms with E-state index in [0.29, 0.717) is 39.4 Å². The molecule has 49 heavy (non-hydrogen) atoms. The predicted octanol–water partition coefficient (Wildman–Crippen LogP) is 8.24. The number of carbonyl (C=O) groups excluding carboxylic acids is 3. The number of hydrogen-bond donors (Lipinski definition) is 1. The van der Waals surface area contributed by atoms with Gasteiger partial charge in [-0.3, -0.25) is 19.3 Å². The highest BCUT2D eigenvalue weighted by molar-refractivity contribution is 6.36. The van der Waals surface area contributed by atoms with Crippen LogP contribution in [-0.4, -0.2) is 28.7 Å². The van der Waals surface area contributed by atoms with Crippen LogP contribution in [0.2, 0.25) is 0 Å². The molecule has 1 fully saturated rings. The van der Waals surface area contributed by atoms with Gasteiger partial charge >= 0.3 is 0 Å². The van der Waals surface area contributed by atoms with Crippen molar-refractivity contribution in [3.63, 3.8) is 0 Å². The minimum atomic E-state index is -1.34. The van der Waals surface area contributed by atoms with Gasteiger partial charge in [-0.2, -0.15) is 0 Å². The molecule has 244 valence electrons. The number of aryl methyl sites for hydroxylation is 2. The fourth-order valence-electron chi connectivity index (χ4n) is 7.88. The van der Waals surface area contributed by atoms with Crippen molar-refractivity contribution in [1.29, 1.82) is 0 Å². The summed E-state index contributed by atoms with van der Waals surface area (Å²) < 4.78 is 6.03. The van der Waals surface area contributed by atoms with Crippen molar-refractivity contribution >= 4 is 46.6 Å².